The molecule has 1 saturated heterocycles. The number of imide groups is 1. The molecule has 1 aliphatic heterocycles. The van der Waals surface area contributed by atoms with Gasteiger partial charge in [0, 0.05) is 12.8 Å². The van der Waals surface area contributed by atoms with Crippen LogP contribution in [0.4, 0.5) is 0 Å². The highest BCUT2D eigenvalue weighted by atomic mass is 16.3. The molecule has 4 heteroatoms. The maximum atomic E-state index is 10.9. The predicted octanol–water partition coefficient (Wildman–Crippen LogP) is -0.484. The third-order valence-electron chi connectivity index (χ3n) is 1.60. The van der Waals surface area contributed by atoms with Crippen LogP contribution in [0.25, 0.3) is 0 Å². The molecule has 1 fully saturated rings. The fourth-order valence-corrected chi connectivity index (χ4v) is 1.09. The molecule has 0 aromatic rings. The third-order valence-corrected chi connectivity index (χ3v) is 1.60. The summed E-state index contributed by atoms with van der Waals surface area (Å²) in [6.07, 6.45) is -0.0297. The minimum Gasteiger partial charge on any atom is -0.392 e. The standard InChI is InChI=1S/C7H11NO3/c1-5(9)4-8-6(10)2-3-7(8)11/h5,9H,2-4H2,1H3/t5-/m0/s1. The van der Waals surface area contributed by atoms with E-state index in [1.165, 1.54) is 0 Å². The molecule has 1 atom stereocenters. The van der Waals surface area contributed by atoms with Gasteiger partial charge in [0.05, 0.1) is 12.6 Å². The van der Waals surface area contributed by atoms with Crippen molar-refractivity contribution in [2.45, 2.75) is 25.9 Å². The first kappa shape index (κ1) is 8.20. The zero-order valence-corrected chi connectivity index (χ0v) is 6.41. The van der Waals surface area contributed by atoms with E-state index in [1.54, 1.807) is 6.92 Å². The number of hydrogen-bond acceptors (Lipinski definition) is 3. The van der Waals surface area contributed by atoms with Crippen LogP contribution in [0.5, 0.6) is 0 Å². The van der Waals surface area contributed by atoms with Crippen LogP contribution in [-0.2, 0) is 9.59 Å². The van der Waals surface area contributed by atoms with Gasteiger partial charge in [0.25, 0.3) is 0 Å². The number of hydrogen-bond donors (Lipinski definition) is 1. The van der Waals surface area contributed by atoms with E-state index >= 15 is 0 Å². The first-order valence-electron chi connectivity index (χ1n) is 3.62. The average molecular weight is 157 g/mol. The molecule has 4 nitrogen and oxygen atoms in total. The lowest BCUT2D eigenvalue weighted by Crippen LogP contribution is -2.35. The molecule has 0 spiro atoms. The lowest BCUT2D eigenvalue weighted by Gasteiger charge is -2.14. The van der Waals surface area contributed by atoms with Crippen LogP contribution < -0.4 is 0 Å². The number of amides is 2. The first-order chi connectivity index (χ1) is 5.11. The van der Waals surface area contributed by atoms with Crippen molar-refractivity contribution < 1.29 is 14.7 Å². The predicted molar refractivity (Wildman–Crippen MR) is 37.6 cm³/mol. The van der Waals surface area contributed by atoms with Gasteiger partial charge in [-0.15, -0.1) is 0 Å². The second-order valence-electron chi connectivity index (χ2n) is 2.75. The van der Waals surface area contributed by atoms with E-state index in [2.05, 4.69) is 0 Å². The molecule has 0 aromatic heterocycles. The third kappa shape index (κ3) is 1.77. The fourth-order valence-electron chi connectivity index (χ4n) is 1.09. The van der Waals surface area contributed by atoms with Crippen LogP contribution in [0.3, 0.4) is 0 Å². The van der Waals surface area contributed by atoms with Gasteiger partial charge >= 0.3 is 0 Å². The number of likely N-dealkylation sites (tertiary alicyclic amines) is 1. The Labute approximate surface area is 64.8 Å². The number of carbonyl (C=O) groups is 2. The van der Waals surface area contributed by atoms with E-state index in [9.17, 15) is 9.59 Å². The van der Waals surface area contributed by atoms with Gasteiger partial charge in [-0.05, 0) is 6.92 Å². The Morgan fingerprint density at radius 3 is 2.27 bits per heavy atom. The maximum absolute atomic E-state index is 10.9. The van der Waals surface area contributed by atoms with Crippen LogP contribution in [0.15, 0.2) is 0 Å². The highest BCUT2D eigenvalue weighted by molar-refractivity contribution is 6.01. The summed E-state index contributed by atoms with van der Waals surface area (Å²) < 4.78 is 0. The first-order valence-corrected chi connectivity index (χ1v) is 3.62. The summed E-state index contributed by atoms with van der Waals surface area (Å²) >= 11 is 0. The number of carbonyl (C=O) groups excluding carboxylic acids is 2. The Kier molecular flexibility index (Phi) is 2.24. The summed E-state index contributed by atoms with van der Waals surface area (Å²) in [5, 5.41) is 8.90. The van der Waals surface area contributed by atoms with Crippen molar-refractivity contribution in [2.24, 2.45) is 0 Å². The van der Waals surface area contributed by atoms with Gasteiger partial charge in [-0.2, -0.15) is 0 Å². The second kappa shape index (κ2) is 3.00. The summed E-state index contributed by atoms with van der Waals surface area (Å²) in [6.45, 7) is 1.69. The van der Waals surface area contributed by atoms with Crippen molar-refractivity contribution in [3.8, 4) is 0 Å². The molecule has 0 unspecified atom stereocenters. The minimum atomic E-state index is -0.624. The van der Waals surface area contributed by atoms with Crippen LogP contribution in [-0.4, -0.2) is 34.5 Å². The zero-order chi connectivity index (χ0) is 8.43. The van der Waals surface area contributed by atoms with Crippen molar-refractivity contribution in [3.63, 3.8) is 0 Å². The lowest BCUT2D eigenvalue weighted by atomic mass is 10.4. The van der Waals surface area contributed by atoms with Gasteiger partial charge < -0.3 is 5.11 Å². The Morgan fingerprint density at radius 2 is 1.91 bits per heavy atom. The monoisotopic (exact) mass is 157 g/mol. The van der Waals surface area contributed by atoms with Gasteiger partial charge in [-0.3, -0.25) is 14.5 Å². The molecule has 1 N–H and O–H groups in total. The van der Waals surface area contributed by atoms with E-state index in [0.29, 0.717) is 12.8 Å². The molecule has 0 aliphatic carbocycles. The van der Waals surface area contributed by atoms with E-state index in [-0.39, 0.29) is 18.4 Å². The highest BCUT2D eigenvalue weighted by Gasteiger charge is 2.29. The molecule has 1 rings (SSSR count). The van der Waals surface area contributed by atoms with Gasteiger partial charge in [0.15, 0.2) is 0 Å². The smallest absolute Gasteiger partial charge is 0.229 e. The largest absolute Gasteiger partial charge is 0.392 e. The Hall–Kier alpha value is -0.900. The minimum absolute atomic E-state index is 0.137. The lowest BCUT2D eigenvalue weighted by molar-refractivity contribution is -0.139. The summed E-state index contributed by atoms with van der Waals surface area (Å²) in [6, 6.07) is 0. The maximum Gasteiger partial charge on any atom is 0.229 e. The molecule has 0 bridgehead atoms. The van der Waals surface area contributed by atoms with Crippen LogP contribution >= 0.6 is 0 Å². The number of aliphatic hydroxyl groups excluding tert-OH is 1. The number of β-amino-alcohol motifs (C(OH)–C–C–N with tert-alkyl or cyclic N) is 1. The Balaban J connectivity index is 2.55. The van der Waals surface area contributed by atoms with E-state index in [4.69, 9.17) is 5.11 Å². The Morgan fingerprint density at radius 1 is 1.45 bits per heavy atom. The van der Waals surface area contributed by atoms with E-state index in [1.807, 2.05) is 0 Å². The van der Waals surface area contributed by atoms with Crippen molar-refractivity contribution in [1.29, 1.82) is 0 Å². The molecule has 2 amide bonds. The van der Waals surface area contributed by atoms with Crippen LogP contribution in [0.2, 0.25) is 0 Å². The average Bonchev–Trinajstić information content (AvgIpc) is 2.18. The molecule has 0 radical (unpaired) electrons. The summed E-state index contributed by atoms with van der Waals surface area (Å²) in [7, 11) is 0. The van der Waals surface area contributed by atoms with Crippen LogP contribution in [0.1, 0.15) is 19.8 Å². The Bertz CT molecular complexity index is 172. The number of rotatable bonds is 2. The molecule has 11 heavy (non-hydrogen) atoms. The fraction of sp³-hybridized carbons (Fsp3) is 0.714. The van der Waals surface area contributed by atoms with Crippen LogP contribution in [0, 0.1) is 0 Å². The van der Waals surface area contributed by atoms with Gasteiger partial charge in [-0.25, -0.2) is 0 Å². The molecular weight excluding hydrogens is 146 g/mol. The van der Waals surface area contributed by atoms with E-state index in [0.717, 1.165) is 4.90 Å². The van der Waals surface area contributed by atoms with Crippen molar-refractivity contribution >= 4 is 11.8 Å². The number of nitrogens with zero attached hydrogens (tertiary/aromatic N) is 1. The summed E-state index contributed by atoms with van der Waals surface area (Å²) in [5.41, 5.74) is 0. The second-order valence-corrected chi connectivity index (χ2v) is 2.75. The molecule has 0 saturated carbocycles. The normalized spacial score (nSPS) is 21.1. The highest BCUT2D eigenvalue weighted by Crippen LogP contribution is 2.11. The van der Waals surface area contributed by atoms with Gasteiger partial charge in [-0.1, -0.05) is 0 Å². The van der Waals surface area contributed by atoms with Crippen molar-refractivity contribution in [3.05, 3.63) is 0 Å². The van der Waals surface area contributed by atoms with Crippen molar-refractivity contribution in [2.75, 3.05) is 6.54 Å². The van der Waals surface area contributed by atoms with Crippen molar-refractivity contribution in [1.82, 2.24) is 4.90 Å². The summed E-state index contributed by atoms with van der Waals surface area (Å²) in [4.78, 5) is 22.9. The quantitative estimate of drug-likeness (QED) is 0.550. The molecule has 1 heterocycles. The van der Waals surface area contributed by atoms with Gasteiger partial charge in [0.1, 0.15) is 0 Å². The SMILES string of the molecule is C[C@H](O)CN1C(=O)CCC1=O. The molecule has 1 aliphatic rings. The van der Waals surface area contributed by atoms with E-state index < -0.39 is 6.10 Å². The zero-order valence-electron chi connectivity index (χ0n) is 6.41. The molecule has 0 aromatic carbocycles. The molecular formula is C7H11NO3. The number of aliphatic hydroxyl groups is 1. The molecule has 62 valence electrons. The summed E-state index contributed by atoms with van der Waals surface area (Å²) in [5.74, 6) is -0.341. The van der Waals surface area contributed by atoms with Gasteiger partial charge in [0.2, 0.25) is 11.8 Å². The topological polar surface area (TPSA) is 57.6 Å².